The zero-order valence-corrected chi connectivity index (χ0v) is 9.54. The lowest BCUT2D eigenvalue weighted by Gasteiger charge is -2.28. The zero-order chi connectivity index (χ0) is 11.5. The number of piperidine rings is 1. The fraction of sp³-hybridized carbons (Fsp3) is 0.538. The van der Waals surface area contributed by atoms with Crippen LogP contribution in [0, 0.1) is 11.7 Å². The van der Waals surface area contributed by atoms with Crippen LogP contribution in [-0.2, 0) is 0 Å². The second-order valence-corrected chi connectivity index (χ2v) is 4.58. The molecule has 1 aromatic carbocycles. The van der Waals surface area contributed by atoms with Gasteiger partial charge in [0.15, 0.2) is 0 Å². The van der Waals surface area contributed by atoms with Crippen molar-refractivity contribution >= 4 is 0 Å². The van der Waals surface area contributed by atoms with Gasteiger partial charge in [-0.15, -0.1) is 0 Å². The molecular weight excluding hydrogens is 205 g/mol. The highest BCUT2D eigenvalue weighted by Crippen LogP contribution is 2.35. The minimum atomic E-state index is -0.270. The van der Waals surface area contributed by atoms with Crippen molar-refractivity contribution in [1.82, 2.24) is 5.32 Å². The molecule has 16 heavy (non-hydrogen) atoms. The molecule has 0 aromatic heterocycles. The molecule has 1 fully saturated rings. The van der Waals surface area contributed by atoms with Gasteiger partial charge in [-0.05, 0) is 61.5 Å². The van der Waals surface area contributed by atoms with E-state index in [4.69, 9.17) is 0 Å². The summed E-state index contributed by atoms with van der Waals surface area (Å²) in [4.78, 5) is 0. The number of halogens is 1. The molecule has 3 heteroatoms. The second kappa shape index (κ2) is 4.83. The summed E-state index contributed by atoms with van der Waals surface area (Å²) in [6, 6.07) is 4.21. The predicted molar refractivity (Wildman–Crippen MR) is 62.1 cm³/mol. The van der Waals surface area contributed by atoms with Gasteiger partial charge in [0.25, 0.3) is 0 Å². The number of phenolic OH excluding ortho intramolecular Hbond substituents is 1. The minimum absolute atomic E-state index is 0.215. The first-order valence-corrected chi connectivity index (χ1v) is 5.87. The number of nitrogens with one attached hydrogen (secondary N) is 1. The van der Waals surface area contributed by atoms with Gasteiger partial charge in [-0.2, -0.15) is 0 Å². The Labute approximate surface area is 95.5 Å². The molecule has 0 spiro atoms. The van der Waals surface area contributed by atoms with Crippen molar-refractivity contribution in [2.75, 3.05) is 13.1 Å². The molecule has 1 saturated heterocycles. The van der Waals surface area contributed by atoms with E-state index in [0.717, 1.165) is 31.5 Å². The Morgan fingerprint density at radius 2 is 2.06 bits per heavy atom. The van der Waals surface area contributed by atoms with E-state index in [-0.39, 0.29) is 17.5 Å². The minimum Gasteiger partial charge on any atom is -0.508 e. The molecule has 0 amide bonds. The number of phenols is 1. The highest BCUT2D eigenvalue weighted by molar-refractivity contribution is 5.35. The molecule has 2 nitrogen and oxygen atoms in total. The second-order valence-electron chi connectivity index (χ2n) is 4.58. The lowest BCUT2D eigenvalue weighted by Crippen LogP contribution is -2.30. The summed E-state index contributed by atoms with van der Waals surface area (Å²) in [5.74, 6) is 0.702. The molecule has 0 aliphatic carbocycles. The van der Waals surface area contributed by atoms with Gasteiger partial charge in [-0.25, -0.2) is 4.39 Å². The van der Waals surface area contributed by atoms with Crippen molar-refractivity contribution in [2.24, 2.45) is 5.92 Å². The van der Waals surface area contributed by atoms with Gasteiger partial charge in [0.2, 0.25) is 0 Å². The van der Waals surface area contributed by atoms with Crippen molar-refractivity contribution in [3.05, 3.63) is 29.6 Å². The Bertz CT molecular complexity index is 361. The number of benzene rings is 1. The van der Waals surface area contributed by atoms with Crippen LogP contribution in [0.15, 0.2) is 18.2 Å². The summed E-state index contributed by atoms with van der Waals surface area (Å²) in [6.45, 7) is 4.11. The molecule has 0 saturated carbocycles. The summed E-state index contributed by atoms with van der Waals surface area (Å²) in [5, 5.41) is 13.1. The van der Waals surface area contributed by atoms with E-state index >= 15 is 0 Å². The number of rotatable bonds is 2. The van der Waals surface area contributed by atoms with Gasteiger partial charge in [-0.3, -0.25) is 0 Å². The molecule has 0 radical (unpaired) electrons. The third-order valence-electron chi connectivity index (χ3n) is 3.57. The summed E-state index contributed by atoms with van der Waals surface area (Å²) in [5.41, 5.74) is 0.743. The van der Waals surface area contributed by atoms with Crippen molar-refractivity contribution in [3.63, 3.8) is 0 Å². The van der Waals surface area contributed by atoms with E-state index in [0.29, 0.717) is 5.92 Å². The SMILES string of the molecule is CC(c1cc(F)ccc1O)C1CCNCC1. The van der Waals surface area contributed by atoms with Crippen LogP contribution in [0.5, 0.6) is 5.75 Å². The highest BCUT2D eigenvalue weighted by atomic mass is 19.1. The maximum Gasteiger partial charge on any atom is 0.123 e. The fourth-order valence-corrected chi connectivity index (χ4v) is 2.49. The summed E-state index contributed by atoms with van der Waals surface area (Å²) in [7, 11) is 0. The first kappa shape index (κ1) is 11.4. The van der Waals surface area contributed by atoms with E-state index in [1.54, 1.807) is 0 Å². The standard InChI is InChI=1S/C13H18FNO/c1-9(10-4-6-15-7-5-10)12-8-11(14)2-3-13(12)16/h2-3,8-10,15-16H,4-7H2,1H3. The van der Waals surface area contributed by atoms with Crippen LogP contribution in [0.3, 0.4) is 0 Å². The van der Waals surface area contributed by atoms with Gasteiger partial charge in [-0.1, -0.05) is 6.92 Å². The lowest BCUT2D eigenvalue weighted by atomic mass is 9.81. The molecule has 1 atom stereocenters. The average Bonchev–Trinajstić information content (AvgIpc) is 2.32. The largest absolute Gasteiger partial charge is 0.508 e. The van der Waals surface area contributed by atoms with Crippen LogP contribution < -0.4 is 5.32 Å². The Balaban J connectivity index is 2.18. The molecule has 0 bridgehead atoms. The molecule has 2 rings (SSSR count). The quantitative estimate of drug-likeness (QED) is 0.807. The molecule has 1 aliphatic rings. The number of aromatic hydroxyl groups is 1. The highest BCUT2D eigenvalue weighted by Gasteiger charge is 2.23. The van der Waals surface area contributed by atoms with Crippen LogP contribution in [0.1, 0.15) is 31.2 Å². The van der Waals surface area contributed by atoms with Gasteiger partial charge in [0.1, 0.15) is 11.6 Å². The van der Waals surface area contributed by atoms with Crippen LogP contribution >= 0.6 is 0 Å². The number of hydrogen-bond donors (Lipinski definition) is 2. The molecule has 88 valence electrons. The van der Waals surface area contributed by atoms with E-state index in [1.165, 1.54) is 18.2 Å². The molecule has 2 N–H and O–H groups in total. The monoisotopic (exact) mass is 223 g/mol. The van der Waals surface area contributed by atoms with Gasteiger partial charge < -0.3 is 10.4 Å². The molecule has 1 heterocycles. The molecule has 1 aliphatic heterocycles. The smallest absolute Gasteiger partial charge is 0.123 e. The molecular formula is C13H18FNO. The Kier molecular flexibility index (Phi) is 3.44. The van der Waals surface area contributed by atoms with E-state index < -0.39 is 0 Å². The Morgan fingerprint density at radius 3 is 2.75 bits per heavy atom. The van der Waals surface area contributed by atoms with Crippen molar-refractivity contribution in [1.29, 1.82) is 0 Å². The van der Waals surface area contributed by atoms with Crippen LogP contribution in [0.4, 0.5) is 4.39 Å². The average molecular weight is 223 g/mol. The third kappa shape index (κ3) is 2.35. The first-order chi connectivity index (χ1) is 7.68. The maximum absolute atomic E-state index is 13.2. The predicted octanol–water partition coefficient (Wildman–Crippen LogP) is 2.63. The molecule has 1 aromatic rings. The van der Waals surface area contributed by atoms with E-state index in [1.807, 2.05) is 0 Å². The van der Waals surface area contributed by atoms with Crippen LogP contribution in [0.25, 0.3) is 0 Å². The first-order valence-electron chi connectivity index (χ1n) is 5.87. The zero-order valence-electron chi connectivity index (χ0n) is 9.54. The lowest BCUT2D eigenvalue weighted by molar-refractivity contribution is 0.323. The van der Waals surface area contributed by atoms with Crippen molar-refractivity contribution in [3.8, 4) is 5.75 Å². The maximum atomic E-state index is 13.2. The third-order valence-corrected chi connectivity index (χ3v) is 3.57. The summed E-state index contributed by atoms with van der Waals surface area (Å²) >= 11 is 0. The Morgan fingerprint density at radius 1 is 1.38 bits per heavy atom. The topological polar surface area (TPSA) is 32.3 Å². The fourth-order valence-electron chi connectivity index (χ4n) is 2.49. The van der Waals surface area contributed by atoms with Gasteiger partial charge >= 0.3 is 0 Å². The summed E-state index contributed by atoms with van der Waals surface area (Å²) < 4.78 is 13.2. The number of hydrogen-bond acceptors (Lipinski definition) is 2. The van der Waals surface area contributed by atoms with Crippen LogP contribution in [-0.4, -0.2) is 18.2 Å². The molecule has 1 unspecified atom stereocenters. The van der Waals surface area contributed by atoms with Crippen molar-refractivity contribution < 1.29 is 9.50 Å². The summed E-state index contributed by atoms with van der Waals surface area (Å²) in [6.07, 6.45) is 2.19. The van der Waals surface area contributed by atoms with Gasteiger partial charge in [0.05, 0.1) is 0 Å². The normalized spacial score (nSPS) is 19.6. The van der Waals surface area contributed by atoms with E-state index in [2.05, 4.69) is 12.2 Å². The van der Waals surface area contributed by atoms with Crippen LogP contribution in [0.2, 0.25) is 0 Å². The van der Waals surface area contributed by atoms with Crippen molar-refractivity contribution in [2.45, 2.75) is 25.7 Å². The Hall–Kier alpha value is -1.09. The van der Waals surface area contributed by atoms with Gasteiger partial charge in [0, 0.05) is 0 Å². The van der Waals surface area contributed by atoms with E-state index in [9.17, 15) is 9.50 Å².